The number of rotatable bonds is 7. The monoisotopic (exact) mass is 383 g/mol. The van der Waals surface area contributed by atoms with E-state index >= 15 is 0 Å². The zero-order valence-electron chi connectivity index (χ0n) is 16.0. The van der Waals surface area contributed by atoms with Crippen LogP contribution in [0.25, 0.3) is 0 Å². The molecule has 1 heterocycles. The number of hydrogen-bond acceptors (Lipinski definition) is 5. The summed E-state index contributed by atoms with van der Waals surface area (Å²) in [5.41, 5.74) is 2.10. The molecular weight excluding hydrogens is 358 g/mol. The van der Waals surface area contributed by atoms with E-state index in [0.717, 1.165) is 18.7 Å². The third-order valence-electron chi connectivity index (χ3n) is 4.92. The first-order chi connectivity index (χ1) is 13.5. The predicted molar refractivity (Wildman–Crippen MR) is 108 cm³/mol. The average molecular weight is 383 g/mol. The van der Waals surface area contributed by atoms with E-state index in [-0.39, 0.29) is 24.0 Å². The summed E-state index contributed by atoms with van der Waals surface area (Å²) in [6, 6.07) is 14.3. The number of carbonyl (C=O) groups is 1. The highest BCUT2D eigenvalue weighted by Gasteiger charge is 2.17. The van der Waals surface area contributed by atoms with Gasteiger partial charge in [0.05, 0.1) is 4.92 Å². The van der Waals surface area contributed by atoms with E-state index in [1.54, 1.807) is 24.1 Å². The van der Waals surface area contributed by atoms with Crippen molar-refractivity contribution in [1.82, 2.24) is 4.90 Å². The Hall–Kier alpha value is -3.09. The normalized spacial score (nSPS) is 13.8. The van der Waals surface area contributed by atoms with Gasteiger partial charge < -0.3 is 14.5 Å². The zero-order valence-corrected chi connectivity index (χ0v) is 16.0. The number of anilines is 1. The minimum Gasteiger partial charge on any atom is -0.477 e. The third kappa shape index (κ3) is 5.00. The number of benzene rings is 2. The molecule has 1 aliphatic rings. The smallest absolute Gasteiger partial charge is 0.310 e. The van der Waals surface area contributed by atoms with Crippen LogP contribution in [0.5, 0.6) is 5.75 Å². The maximum Gasteiger partial charge on any atom is 0.310 e. The van der Waals surface area contributed by atoms with Gasteiger partial charge in [0, 0.05) is 38.4 Å². The van der Waals surface area contributed by atoms with Crippen LogP contribution in [-0.4, -0.2) is 42.5 Å². The molecule has 2 aromatic carbocycles. The summed E-state index contributed by atoms with van der Waals surface area (Å²) in [5.74, 6) is -0.140. The van der Waals surface area contributed by atoms with E-state index in [0.29, 0.717) is 6.54 Å². The van der Waals surface area contributed by atoms with Gasteiger partial charge in [-0.2, -0.15) is 0 Å². The Bertz CT molecular complexity index is 817. The summed E-state index contributed by atoms with van der Waals surface area (Å²) < 4.78 is 5.38. The van der Waals surface area contributed by atoms with E-state index in [1.807, 2.05) is 12.1 Å². The maximum atomic E-state index is 12.3. The average Bonchev–Trinajstić information content (AvgIpc) is 2.73. The lowest BCUT2D eigenvalue weighted by atomic mass is 10.1. The van der Waals surface area contributed by atoms with Crippen molar-refractivity contribution >= 4 is 17.3 Å². The van der Waals surface area contributed by atoms with Gasteiger partial charge in [-0.15, -0.1) is 0 Å². The number of hydrogen-bond donors (Lipinski definition) is 0. The summed E-state index contributed by atoms with van der Waals surface area (Å²) in [6.07, 6.45) is 3.77. The van der Waals surface area contributed by atoms with Crippen molar-refractivity contribution in [1.29, 1.82) is 0 Å². The van der Waals surface area contributed by atoms with E-state index in [9.17, 15) is 14.9 Å². The lowest BCUT2D eigenvalue weighted by molar-refractivity contribution is -0.385. The van der Waals surface area contributed by atoms with Gasteiger partial charge in [0.1, 0.15) is 0 Å². The third-order valence-corrected chi connectivity index (χ3v) is 4.92. The van der Waals surface area contributed by atoms with E-state index in [2.05, 4.69) is 17.0 Å². The number of nitro groups is 1. The van der Waals surface area contributed by atoms with Crippen molar-refractivity contribution in [2.45, 2.75) is 25.8 Å². The second kappa shape index (κ2) is 9.21. The molecule has 0 spiro atoms. The van der Waals surface area contributed by atoms with Crippen molar-refractivity contribution in [2.24, 2.45) is 0 Å². The van der Waals surface area contributed by atoms with Gasteiger partial charge in [-0.05, 0) is 43.0 Å². The molecule has 3 rings (SSSR count). The number of carbonyl (C=O) groups excluding carboxylic acids is 1. The van der Waals surface area contributed by atoms with Crippen LogP contribution in [-0.2, 0) is 11.3 Å². The molecule has 1 aliphatic heterocycles. The molecule has 0 atom stereocenters. The Morgan fingerprint density at radius 2 is 1.79 bits per heavy atom. The molecule has 1 saturated heterocycles. The minimum absolute atomic E-state index is 0.0973. The number of nitrogens with zero attached hydrogens (tertiary/aromatic N) is 3. The Balaban J connectivity index is 1.53. The van der Waals surface area contributed by atoms with Crippen LogP contribution in [0.3, 0.4) is 0 Å². The summed E-state index contributed by atoms with van der Waals surface area (Å²) in [6.45, 7) is 2.41. The fourth-order valence-corrected chi connectivity index (χ4v) is 3.31. The minimum atomic E-state index is -0.520. The molecule has 0 aromatic heterocycles. The molecule has 2 aromatic rings. The van der Waals surface area contributed by atoms with Crippen LogP contribution >= 0.6 is 0 Å². The molecule has 0 saturated carbocycles. The molecule has 1 amide bonds. The Labute approximate surface area is 164 Å². The summed E-state index contributed by atoms with van der Waals surface area (Å²) in [4.78, 5) is 26.8. The lowest BCUT2D eigenvalue weighted by Crippen LogP contribution is -2.31. The van der Waals surface area contributed by atoms with Crippen LogP contribution in [0, 0.1) is 10.1 Å². The first-order valence-electron chi connectivity index (χ1n) is 9.48. The number of nitro benzene ring substituents is 1. The number of amides is 1. The molecule has 0 N–H and O–H groups in total. The van der Waals surface area contributed by atoms with E-state index < -0.39 is 4.92 Å². The highest BCUT2D eigenvalue weighted by Crippen LogP contribution is 2.26. The summed E-state index contributed by atoms with van der Waals surface area (Å²) in [7, 11) is 1.70. The Morgan fingerprint density at radius 3 is 2.46 bits per heavy atom. The predicted octanol–water partition coefficient (Wildman–Crippen LogP) is 3.62. The van der Waals surface area contributed by atoms with E-state index in [4.69, 9.17) is 4.74 Å². The quantitative estimate of drug-likeness (QED) is 0.539. The number of piperidine rings is 1. The molecule has 7 heteroatoms. The second-order valence-corrected chi connectivity index (χ2v) is 6.98. The molecule has 0 unspecified atom stereocenters. The van der Waals surface area contributed by atoms with Crippen molar-refractivity contribution in [3.05, 3.63) is 64.2 Å². The molecule has 0 radical (unpaired) electrons. The summed E-state index contributed by atoms with van der Waals surface area (Å²) in [5, 5.41) is 11.0. The van der Waals surface area contributed by atoms with Crippen LogP contribution in [0.1, 0.15) is 24.8 Å². The van der Waals surface area contributed by atoms with Gasteiger partial charge in [0.15, 0.2) is 12.4 Å². The highest BCUT2D eigenvalue weighted by atomic mass is 16.6. The highest BCUT2D eigenvalue weighted by molar-refractivity contribution is 5.77. The first-order valence-corrected chi connectivity index (χ1v) is 9.48. The summed E-state index contributed by atoms with van der Waals surface area (Å²) >= 11 is 0. The fourth-order valence-electron chi connectivity index (χ4n) is 3.31. The van der Waals surface area contributed by atoms with Crippen molar-refractivity contribution < 1.29 is 14.5 Å². The Morgan fingerprint density at radius 1 is 1.11 bits per heavy atom. The van der Waals surface area contributed by atoms with Gasteiger partial charge in [-0.1, -0.05) is 24.3 Å². The maximum absolute atomic E-state index is 12.3. The van der Waals surface area contributed by atoms with Crippen molar-refractivity contribution in [3.8, 4) is 5.75 Å². The lowest BCUT2D eigenvalue weighted by Gasteiger charge is -2.29. The van der Waals surface area contributed by atoms with Crippen molar-refractivity contribution in [2.75, 3.05) is 31.6 Å². The van der Waals surface area contributed by atoms with Gasteiger partial charge >= 0.3 is 5.69 Å². The number of para-hydroxylation sites is 2. The van der Waals surface area contributed by atoms with Crippen LogP contribution in [0.15, 0.2) is 48.5 Å². The molecule has 148 valence electrons. The molecule has 28 heavy (non-hydrogen) atoms. The number of ether oxygens (including phenoxy) is 1. The molecule has 0 bridgehead atoms. The topological polar surface area (TPSA) is 75.9 Å². The van der Waals surface area contributed by atoms with Gasteiger partial charge in [0.2, 0.25) is 0 Å². The van der Waals surface area contributed by atoms with Crippen LogP contribution in [0.4, 0.5) is 11.4 Å². The fraction of sp³-hybridized carbons (Fsp3) is 0.381. The van der Waals surface area contributed by atoms with E-state index in [1.165, 1.54) is 37.1 Å². The van der Waals surface area contributed by atoms with Crippen molar-refractivity contribution in [3.63, 3.8) is 0 Å². The Kier molecular flexibility index (Phi) is 6.47. The standard InChI is InChI=1S/C21H25N3O4/c1-22(21(25)16-28-20-8-4-3-7-19(20)24(26)27)15-17-9-11-18(12-10-17)23-13-5-2-6-14-23/h3-4,7-12H,2,5-6,13-16H2,1H3. The van der Waals surface area contributed by atoms with Gasteiger partial charge in [-0.3, -0.25) is 14.9 Å². The number of likely N-dealkylation sites (N-methyl/N-ethyl adjacent to an activating group) is 1. The molecular formula is C21H25N3O4. The SMILES string of the molecule is CN(Cc1ccc(N2CCCCC2)cc1)C(=O)COc1ccccc1[N+](=O)[O-]. The first kappa shape index (κ1) is 19.7. The second-order valence-electron chi connectivity index (χ2n) is 6.98. The molecule has 1 fully saturated rings. The van der Waals surface area contributed by atoms with Crippen LogP contribution in [0.2, 0.25) is 0 Å². The zero-order chi connectivity index (χ0) is 19.9. The van der Waals surface area contributed by atoms with Crippen LogP contribution < -0.4 is 9.64 Å². The molecule has 0 aliphatic carbocycles. The largest absolute Gasteiger partial charge is 0.477 e. The molecule has 7 nitrogen and oxygen atoms in total. The van der Waals surface area contributed by atoms with Gasteiger partial charge in [-0.25, -0.2) is 0 Å². The van der Waals surface area contributed by atoms with Gasteiger partial charge in [0.25, 0.3) is 5.91 Å².